The quantitative estimate of drug-likeness (QED) is 0.920. The molecule has 1 N–H and O–H groups in total. The Morgan fingerprint density at radius 2 is 2.05 bits per heavy atom. The summed E-state index contributed by atoms with van der Waals surface area (Å²) in [5, 5.41) is 4.07. The molecule has 3 nitrogen and oxygen atoms in total. The molecule has 1 fully saturated rings. The number of nitrogens with zero attached hydrogens (tertiary/aromatic N) is 1. The molecule has 0 saturated heterocycles. The number of amides is 1. The van der Waals surface area contributed by atoms with Gasteiger partial charge in [0, 0.05) is 22.5 Å². The average Bonchev–Trinajstić information content (AvgIpc) is 3.30. The van der Waals surface area contributed by atoms with E-state index in [4.69, 9.17) is 4.98 Å². The molecule has 1 heterocycles. The summed E-state index contributed by atoms with van der Waals surface area (Å²) in [4.78, 5) is 17.4. The molecule has 3 rings (SSSR count). The number of benzene rings is 1. The van der Waals surface area contributed by atoms with Gasteiger partial charge in [0.15, 0.2) is 0 Å². The maximum Gasteiger partial charge on any atom is 0.252 e. The molecular formula is C18H22N2O. The predicted octanol–water partition coefficient (Wildman–Crippen LogP) is 4.03. The standard InChI is InChI=1S/C18H22N2O/c1-4-18(2,3)20-17(21)14-11-16(12-9-10-12)19-15-8-6-5-7-13(14)15/h5-8,11-12H,4,9-10H2,1-3H3,(H,20,21). The first-order valence-corrected chi connectivity index (χ1v) is 7.72. The Bertz CT molecular complexity index is 687. The third-order valence-electron chi connectivity index (χ3n) is 4.31. The van der Waals surface area contributed by atoms with E-state index in [-0.39, 0.29) is 11.4 Å². The lowest BCUT2D eigenvalue weighted by atomic mass is 9.99. The van der Waals surface area contributed by atoms with E-state index in [2.05, 4.69) is 26.1 Å². The normalized spacial score (nSPS) is 15.2. The van der Waals surface area contributed by atoms with E-state index in [0.29, 0.717) is 5.92 Å². The van der Waals surface area contributed by atoms with Crippen LogP contribution >= 0.6 is 0 Å². The molecule has 0 atom stereocenters. The first-order valence-electron chi connectivity index (χ1n) is 7.72. The highest BCUT2D eigenvalue weighted by Gasteiger charge is 2.27. The molecular weight excluding hydrogens is 260 g/mol. The molecule has 1 aliphatic rings. The van der Waals surface area contributed by atoms with Crippen LogP contribution in [0.1, 0.15) is 62.0 Å². The molecule has 0 bridgehead atoms. The van der Waals surface area contributed by atoms with Gasteiger partial charge in [-0.3, -0.25) is 9.78 Å². The maximum atomic E-state index is 12.7. The van der Waals surface area contributed by atoms with E-state index in [9.17, 15) is 4.79 Å². The van der Waals surface area contributed by atoms with Gasteiger partial charge in [-0.05, 0) is 45.2 Å². The number of carbonyl (C=O) groups is 1. The molecule has 0 unspecified atom stereocenters. The van der Waals surface area contributed by atoms with E-state index >= 15 is 0 Å². The summed E-state index contributed by atoms with van der Waals surface area (Å²) < 4.78 is 0. The van der Waals surface area contributed by atoms with Gasteiger partial charge in [0.2, 0.25) is 0 Å². The minimum atomic E-state index is -0.193. The lowest BCUT2D eigenvalue weighted by Gasteiger charge is -2.25. The van der Waals surface area contributed by atoms with Gasteiger partial charge in [0.25, 0.3) is 5.91 Å². The fourth-order valence-electron chi connectivity index (χ4n) is 2.44. The first kappa shape index (κ1) is 14.1. The van der Waals surface area contributed by atoms with Crippen molar-refractivity contribution in [2.24, 2.45) is 0 Å². The lowest BCUT2D eigenvalue weighted by Crippen LogP contribution is -2.42. The largest absolute Gasteiger partial charge is 0.347 e. The number of aromatic nitrogens is 1. The molecule has 110 valence electrons. The number of rotatable bonds is 4. The minimum Gasteiger partial charge on any atom is -0.347 e. The van der Waals surface area contributed by atoms with Crippen LogP contribution < -0.4 is 5.32 Å². The summed E-state index contributed by atoms with van der Waals surface area (Å²) in [5.74, 6) is 0.544. The SMILES string of the molecule is CCC(C)(C)NC(=O)c1cc(C2CC2)nc2ccccc12. The first-order chi connectivity index (χ1) is 10.00. The molecule has 1 saturated carbocycles. The van der Waals surface area contributed by atoms with Crippen molar-refractivity contribution in [3.63, 3.8) is 0 Å². The summed E-state index contributed by atoms with van der Waals surface area (Å²) >= 11 is 0. The van der Waals surface area contributed by atoms with Crippen LogP contribution in [-0.2, 0) is 0 Å². The second-order valence-electron chi connectivity index (χ2n) is 6.58. The van der Waals surface area contributed by atoms with Crippen molar-refractivity contribution in [1.82, 2.24) is 10.3 Å². The Kier molecular flexibility index (Phi) is 3.44. The van der Waals surface area contributed by atoms with Crippen LogP contribution in [0, 0.1) is 0 Å². The van der Waals surface area contributed by atoms with Gasteiger partial charge in [-0.15, -0.1) is 0 Å². The van der Waals surface area contributed by atoms with Crippen molar-refractivity contribution in [2.75, 3.05) is 0 Å². The molecule has 1 aliphatic carbocycles. The highest BCUT2D eigenvalue weighted by molar-refractivity contribution is 6.06. The van der Waals surface area contributed by atoms with Crippen molar-refractivity contribution in [3.8, 4) is 0 Å². The number of hydrogen-bond acceptors (Lipinski definition) is 2. The summed E-state index contributed by atoms with van der Waals surface area (Å²) in [6.45, 7) is 6.19. The zero-order chi connectivity index (χ0) is 15.0. The monoisotopic (exact) mass is 282 g/mol. The third kappa shape index (κ3) is 2.92. The Balaban J connectivity index is 2.05. The molecule has 1 aromatic carbocycles. The second-order valence-corrected chi connectivity index (χ2v) is 6.58. The predicted molar refractivity (Wildman–Crippen MR) is 85.6 cm³/mol. The second kappa shape index (κ2) is 5.14. The smallest absolute Gasteiger partial charge is 0.252 e. The van der Waals surface area contributed by atoms with Gasteiger partial charge in [0.05, 0.1) is 11.1 Å². The zero-order valence-corrected chi connectivity index (χ0v) is 12.9. The molecule has 3 heteroatoms. The van der Waals surface area contributed by atoms with Crippen LogP contribution in [0.3, 0.4) is 0 Å². The topological polar surface area (TPSA) is 42.0 Å². The summed E-state index contributed by atoms with van der Waals surface area (Å²) in [6.07, 6.45) is 3.27. The van der Waals surface area contributed by atoms with Crippen LogP contribution in [0.4, 0.5) is 0 Å². The van der Waals surface area contributed by atoms with Crippen LogP contribution in [0.2, 0.25) is 0 Å². The maximum absolute atomic E-state index is 12.7. The Labute approximate surface area is 125 Å². The molecule has 1 aromatic heterocycles. The molecule has 2 aromatic rings. The zero-order valence-electron chi connectivity index (χ0n) is 12.9. The number of nitrogens with one attached hydrogen (secondary N) is 1. The van der Waals surface area contributed by atoms with E-state index in [0.717, 1.165) is 28.6 Å². The molecule has 0 spiro atoms. The molecule has 0 radical (unpaired) electrons. The summed E-state index contributed by atoms with van der Waals surface area (Å²) in [5.41, 5.74) is 2.54. The van der Waals surface area contributed by atoms with Crippen molar-refractivity contribution >= 4 is 16.8 Å². The van der Waals surface area contributed by atoms with Gasteiger partial charge < -0.3 is 5.32 Å². The van der Waals surface area contributed by atoms with Crippen molar-refractivity contribution in [2.45, 2.75) is 51.5 Å². The van der Waals surface area contributed by atoms with Gasteiger partial charge >= 0.3 is 0 Å². The molecule has 21 heavy (non-hydrogen) atoms. The summed E-state index contributed by atoms with van der Waals surface area (Å²) in [6, 6.07) is 9.89. The molecule has 0 aliphatic heterocycles. The van der Waals surface area contributed by atoms with E-state index in [1.807, 2.05) is 30.3 Å². The highest BCUT2D eigenvalue weighted by atomic mass is 16.1. The van der Waals surface area contributed by atoms with Crippen LogP contribution in [0.25, 0.3) is 10.9 Å². The van der Waals surface area contributed by atoms with E-state index in [1.54, 1.807) is 0 Å². The lowest BCUT2D eigenvalue weighted by molar-refractivity contribution is 0.0913. The average molecular weight is 282 g/mol. The van der Waals surface area contributed by atoms with Crippen LogP contribution in [0.15, 0.2) is 30.3 Å². The molecule has 1 amide bonds. The third-order valence-corrected chi connectivity index (χ3v) is 4.31. The number of pyridine rings is 1. The van der Waals surface area contributed by atoms with Crippen molar-refractivity contribution in [1.29, 1.82) is 0 Å². The Morgan fingerprint density at radius 1 is 1.33 bits per heavy atom. The minimum absolute atomic E-state index is 0.00218. The van der Waals surface area contributed by atoms with Gasteiger partial charge in [-0.25, -0.2) is 0 Å². The summed E-state index contributed by atoms with van der Waals surface area (Å²) in [7, 11) is 0. The van der Waals surface area contributed by atoms with Crippen LogP contribution in [0.5, 0.6) is 0 Å². The fourth-order valence-corrected chi connectivity index (χ4v) is 2.44. The van der Waals surface area contributed by atoms with Crippen molar-refractivity contribution in [3.05, 3.63) is 41.6 Å². The van der Waals surface area contributed by atoms with Crippen LogP contribution in [-0.4, -0.2) is 16.4 Å². The van der Waals surface area contributed by atoms with E-state index < -0.39 is 0 Å². The highest BCUT2D eigenvalue weighted by Crippen LogP contribution is 2.40. The number of para-hydroxylation sites is 1. The number of fused-ring (bicyclic) bond motifs is 1. The number of carbonyl (C=O) groups excluding carboxylic acids is 1. The van der Waals surface area contributed by atoms with Gasteiger partial charge in [-0.2, -0.15) is 0 Å². The van der Waals surface area contributed by atoms with E-state index in [1.165, 1.54) is 12.8 Å². The van der Waals surface area contributed by atoms with Gasteiger partial charge in [0.1, 0.15) is 0 Å². The number of hydrogen-bond donors (Lipinski definition) is 1. The fraction of sp³-hybridized carbons (Fsp3) is 0.444. The Morgan fingerprint density at radius 3 is 2.71 bits per heavy atom. The van der Waals surface area contributed by atoms with Crippen molar-refractivity contribution < 1.29 is 4.79 Å². The van der Waals surface area contributed by atoms with Gasteiger partial charge in [-0.1, -0.05) is 25.1 Å². The Hall–Kier alpha value is -1.90.